The average molecular weight is 87.8 g/mol. The van der Waals surface area contributed by atoms with Crippen molar-refractivity contribution in [1.82, 2.24) is 0 Å². The van der Waals surface area contributed by atoms with E-state index in [1.54, 1.807) is 0 Å². The maximum atomic E-state index is 11.0. The van der Waals surface area contributed by atoms with Crippen LogP contribution in [0.5, 0.6) is 0 Å². The molecule has 1 N–H and O–H groups in total. The van der Waals surface area contributed by atoms with Crippen molar-refractivity contribution in [3.05, 3.63) is 0 Å². The van der Waals surface area contributed by atoms with Crippen LogP contribution >= 0.6 is 0 Å². The number of aliphatic carboxylic acids is 1. The fourth-order valence-electron chi connectivity index (χ4n) is 0. The Bertz CT molecular complexity index is 62.6. The molecule has 0 aliphatic carbocycles. The van der Waals surface area contributed by atoms with E-state index >= 15 is 0 Å². The third-order valence-corrected chi connectivity index (χ3v) is 0.236. The molecule has 0 saturated carbocycles. The van der Waals surface area contributed by atoms with Crippen LogP contribution in [0.2, 0.25) is 0 Å². The first kappa shape index (κ1) is 5.46. The zero-order valence-corrected chi connectivity index (χ0v) is 2.89. The van der Waals surface area contributed by atoms with Gasteiger partial charge in [-0.3, -0.25) is 0 Å². The Hall–Kier alpha value is -0.535. The van der Waals surface area contributed by atoms with Crippen LogP contribution in [0, 0.1) is 0 Å². The van der Waals surface area contributed by atoms with Gasteiger partial charge in [0, 0.05) is 0 Å². The molecule has 1 unspecified atom stereocenters. The molecule has 0 heterocycles. The fraction of sp³-hybridized carbons (Fsp3) is 0.500. The number of carboxylic acids is 1. The number of carboxylic acid groups (broad SMARTS) is 1. The summed E-state index contributed by atoms with van der Waals surface area (Å²) in [7, 11) is 4.17. The zero-order valence-electron chi connectivity index (χ0n) is 2.89. The highest BCUT2D eigenvalue weighted by Gasteiger charge is 2.04. The quantitative estimate of drug-likeness (QED) is 0.440. The first-order chi connectivity index (χ1) is 2.64. The van der Waals surface area contributed by atoms with Crippen molar-refractivity contribution >= 4 is 13.8 Å². The van der Waals surface area contributed by atoms with Crippen molar-refractivity contribution in [3.63, 3.8) is 0 Å². The Labute approximate surface area is 35.4 Å². The van der Waals surface area contributed by atoms with Crippen LogP contribution in [0.1, 0.15) is 0 Å². The lowest BCUT2D eigenvalue weighted by Gasteiger charge is -1.85. The van der Waals surface area contributed by atoms with Crippen LogP contribution in [-0.2, 0) is 4.79 Å². The van der Waals surface area contributed by atoms with Gasteiger partial charge in [-0.05, 0) is 0 Å². The van der Waals surface area contributed by atoms with E-state index < -0.39 is 12.0 Å². The predicted octanol–water partition coefficient (Wildman–Crippen LogP) is -0.465. The Kier molecular flexibility index (Phi) is 1.63. The summed E-state index contributed by atoms with van der Waals surface area (Å²) in [4.78, 5) is 9.20. The summed E-state index contributed by atoms with van der Waals surface area (Å²) in [6.45, 7) is 0. The van der Waals surface area contributed by atoms with Gasteiger partial charge in [0.2, 0.25) is 0 Å². The Balaban J connectivity index is 3.26. The van der Waals surface area contributed by atoms with Gasteiger partial charge in [0.05, 0.1) is 0 Å². The number of halogens is 1. The topological polar surface area (TPSA) is 37.3 Å². The van der Waals surface area contributed by atoms with Gasteiger partial charge in [-0.15, -0.1) is 0 Å². The third-order valence-electron chi connectivity index (χ3n) is 0.236. The van der Waals surface area contributed by atoms with Crippen molar-refractivity contribution in [3.8, 4) is 0 Å². The summed E-state index contributed by atoms with van der Waals surface area (Å²) >= 11 is 0. The Morgan fingerprint density at radius 3 is 2.17 bits per heavy atom. The molecule has 0 aromatic heterocycles. The second kappa shape index (κ2) is 1.79. The molecule has 0 aromatic rings. The summed E-state index contributed by atoms with van der Waals surface area (Å²) in [6.07, 6.45) is -2.23. The van der Waals surface area contributed by atoms with Crippen molar-refractivity contribution < 1.29 is 14.3 Å². The van der Waals surface area contributed by atoms with Crippen LogP contribution in [-0.4, -0.2) is 25.0 Å². The molecular weight excluding hydrogens is 85.8 g/mol. The summed E-state index contributed by atoms with van der Waals surface area (Å²) < 4.78 is 11.0. The molecule has 0 fully saturated rings. The van der Waals surface area contributed by atoms with Crippen molar-refractivity contribution in [2.75, 3.05) is 0 Å². The fourth-order valence-corrected chi connectivity index (χ4v) is 0. The Morgan fingerprint density at radius 1 is 2.00 bits per heavy atom. The molecule has 32 valence electrons. The minimum absolute atomic E-state index is 1.63. The van der Waals surface area contributed by atoms with Gasteiger partial charge in [0.1, 0.15) is 7.85 Å². The van der Waals surface area contributed by atoms with Gasteiger partial charge in [-0.1, -0.05) is 0 Å². The molecule has 0 aliphatic heterocycles. The summed E-state index contributed by atoms with van der Waals surface area (Å²) in [6, 6.07) is 0. The normalized spacial score (nSPS) is 13.5. The molecule has 0 aromatic carbocycles. The smallest absolute Gasteiger partial charge is 0.328 e. The first-order valence-electron chi connectivity index (χ1n) is 1.27. The SMILES string of the molecule is [B]C(F)C(=O)O. The van der Waals surface area contributed by atoms with Crippen LogP contribution in [0.3, 0.4) is 0 Å². The summed E-state index contributed by atoms with van der Waals surface area (Å²) in [5.41, 5.74) is 0. The van der Waals surface area contributed by atoms with Gasteiger partial charge >= 0.3 is 5.97 Å². The molecule has 0 bridgehead atoms. The van der Waals surface area contributed by atoms with Gasteiger partial charge < -0.3 is 5.11 Å². The minimum atomic E-state index is -2.23. The lowest BCUT2D eigenvalue weighted by molar-refractivity contribution is -0.139. The van der Waals surface area contributed by atoms with E-state index in [9.17, 15) is 9.18 Å². The number of rotatable bonds is 1. The van der Waals surface area contributed by atoms with Crippen LogP contribution < -0.4 is 0 Å². The molecule has 0 spiro atoms. The monoisotopic (exact) mass is 88.0 g/mol. The standard InChI is InChI=1S/C2H2BFO2/c3-1(4)2(5)6/h1H,(H,5,6). The third kappa shape index (κ3) is 1.75. The highest BCUT2D eigenvalue weighted by atomic mass is 19.1. The van der Waals surface area contributed by atoms with Crippen LogP contribution in [0.15, 0.2) is 0 Å². The van der Waals surface area contributed by atoms with E-state index in [0.29, 0.717) is 0 Å². The van der Waals surface area contributed by atoms with E-state index in [1.165, 1.54) is 0 Å². The molecule has 0 saturated heterocycles. The van der Waals surface area contributed by atoms with E-state index in [-0.39, 0.29) is 0 Å². The van der Waals surface area contributed by atoms with E-state index in [0.717, 1.165) is 0 Å². The van der Waals surface area contributed by atoms with E-state index in [2.05, 4.69) is 7.85 Å². The number of hydrogen-bond acceptors (Lipinski definition) is 1. The number of carbonyl (C=O) groups is 1. The van der Waals surface area contributed by atoms with Crippen LogP contribution in [0.25, 0.3) is 0 Å². The highest BCUT2D eigenvalue weighted by molar-refractivity contribution is 6.21. The maximum absolute atomic E-state index is 11.0. The predicted molar refractivity (Wildman–Crippen MR) is 18.3 cm³/mol. The maximum Gasteiger partial charge on any atom is 0.328 e. The second-order valence-electron chi connectivity index (χ2n) is 0.740. The molecule has 4 heteroatoms. The molecule has 2 nitrogen and oxygen atoms in total. The van der Waals surface area contributed by atoms with Crippen molar-refractivity contribution in [2.24, 2.45) is 0 Å². The van der Waals surface area contributed by atoms with Gasteiger partial charge in [0.15, 0.2) is 6.07 Å². The number of hydrogen-bond donors (Lipinski definition) is 1. The zero-order chi connectivity index (χ0) is 5.15. The highest BCUT2D eigenvalue weighted by Crippen LogP contribution is 1.77. The van der Waals surface area contributed by atoms with Gasteiger partial charge in [-0.2, -0.15) is 0 Å². The molecule has 2 radical (unpaired) electrons. The van der Waals surface area contributed by atoms with Crippen LogP contribution in [0.4, 0.5) is 4.39 Å². The van der Waals surface area contributed by atoms with Gasteiger partial charge in [0.25, 0.3) is 0 Å². The average Bonchev–Trinajstić information content (AvgIpc) is 1.36. The molecule has 0 rings (SSSR count). The molecule has 6 heavy (non-hydrogen) atoms. The van der Waals surface area contributed by atoms with Gasteiger partial charge in [-0.25, -0.2) is 9.18 Å². The van der Waals surface area contributed by atoms with Crippen molar-refractivity contribution in [1.29, 1.82) is 0 Å². The van der Waals surface area contributed by atoms with E-state index in [1.807, 2.05) is 0 Å². The molecule has 0 amide bonds. The lowest BCUT2D eigenvalue weighted by Crippen LogP contribution is -2.12. The summed E-state index contributed by atoms with van der Waals surface area (Å²) in [5.74, 6) is -1.63. The Morgan fingerprint density at radius 2 is 2.17 bits per heavy atom. The largest absolute Gasteiger partial charge is 0.480 e. The van der Waals surface area contributed by atoms with Crippen molar-refractivity contribution in [2.45, 2.75) is 6.07 Å². The van der Waals surface area contributed by atoms with E-state index in [4.69, 9.17) is 5.11 Å². The summed E-state index contributed by atoms with van der Waals surface area (Å²) in [5, 5.41) is 7.49. The number of alkyl halides is 1. The lowest BCUT2D eigenvalue weighted by atomic mass is 10.0. The first-order valence-corrected chi connectivity index (χ1v) is 1.27. The molecular formula is C2H2BFO2. The molecule has 1 atom stereocenters. The molecule has 0 aliphatic rings. The minimum Gasteiger partial charge on any atom is -0.480 e. The second-order valence-corrected chi connectivity index (χ2v) is 0.740.